The predicted molar refractivity (Wildman–Crippen MR) is 118 cm³/mol. The van der Waals surface area contributed by atoms with Gasteiger partial charge in [-0.25, -0.2) is 9.48 Å². The highest BCUT2D eigenvalue weighted by molar-refractivity contribution is 6.33. The van der Waals surface area contributed by atoms with E-state index in [0.717, 1.165) is 28.1 Å². The van der Waals surface area contributed by atoms with Gasteiger partial charge in [-0.15, -0.1) is 0 Å². The van der Waals surface area contributed by atoms with Crippen molar-refractivity contribution >= 4 is 29.2 Å². The first-order chi connectivity index (χ1) is 14.5. The normalized spacial score (nSPS) is 10.8. The van der Waals surface area contributed by atoms with Gasteiger partial charge in [-0.3, -0.25) is 4.98 Å². The van der Waals surface area contributed by atoms with Crippen LogP contribution in [0.2, 0.25) is 10.0 Å². The molecule has 0 aliphatic rings. The summed E-state index contributed by atoms with van der Waals surface area (Å²) in [5, 5.41) is 5.89. The van der Waals surface area contributed by atoms with E-state index in [1.165, 1.54) is 7.11 Å². The molecule has 4 aromatic rings. The fourth-order valence-electron chi connectivity index (χ4n) is 3.40. The third-order valence-corrected chi connectivity index (χ3v) is 5.36. The topological polar surface area (TPSA) is 57.0 Å². The average Bonchev–Trinajstić information content (AvgIpc) is 3.11. The molecule has 0 amide bonds. The van der Waals surface area contributed by atoms with Gasteiger partial charge in [0.25, 0.3) is 0 Å². The highest BCUT2D eigenvalue weighted by atomic mass is 35.5. The number of aromatic nitrogens is 3. The highest BCUT2D eigenvalue weighted by Gasteiger charge is 2.24. The molecule has 4 rings (SSSR count). The van der Waals surface area contributed by atoms with Crippen molar-refractivity contribution in [3.8, 4) is 28.1 Å². The molecule has 0 N–H and O–H groups in total. The van der Waals surface area contributed by atoms with E-state index in [0.29, 0.717) is 21.3 Å². The molecule has 0 aliphatic heterocycles. The standard InChI is InChI=1S/C23H17Cl2N3O2/c1-14-20(15-6-8-17(24)9-7-15)21(16-10-12-26-13-11-16)27-28(14)22-18(23(29)30-2)4-3-5-19(22)25/h3-13H,1-2H3. The minimum absolute atomic E-state index is 0.333. The van der Waals surface area contributed by atoms with Crippen LogP contribution in [0.25, 0.3) is 28.1 Å². The number of hydrogen-bond donors (Lipinski definition) is 0. The van der Waals surface area contributed by atoms with E-state index in [1.807, 2.05) is 43.3 Å². The third-order valence-electron chi connectivity index (χ3n) is 4.81. The van der Waals surface area contributed by atoms with Crippen LogP contribution in [0.4, 0.5) is 0 Å². The number of pyridine rings is 1. The Morgan fingerprint density at radius 2 is 1.67 bits per heavy atom. The first kappa shape index (κ1) is 20.1. The van der Waals surface area contributed by atoms with E-state index in [1.54, 1.807) is 35.3 Å². The lowest BCUT2D eigenvalue weighted by molar-refractivity contribution is 0.0600. The Kier molecular flexibility index (Phi) is 5.57. The Labute approximate surface area is 183 Å². The first-order valence-electron chi connectivity index (χ1n) is 9.14. The zero-order valence-corrected chi connectivity index (χ0v) is 17.8. The van der Waals surface area contributed by atoms with E-state index in [9.17, 15) is 4.79 Å². The third kappa shape index (κ3) is 3.58. The van der Waals surface area contributed by atoms with Crippen molar-refractivity contribution in [2.24, 2.45) is 0 Å². The number of rotatable bonds is 4. The van der Waals surface area contributed by atoms with Crippen LogP contribution >= 0.6 is 23.2 Å². The van der Waals surface area contributed by atoms with Crippen molar-refractivity contribution in [3.05, 3.63) is 88.3 Å². The van der Waals surface area contributed by atoms with Crippen LogP contribution in [0, 0.1) is 6.92 Å². The van der Waals surface area contributed by atoms with Gasteiger partial charge >= 0.3 is 5.97 Å². The van der Waals surface area contributed by atoms with Gasteiger partial charge in [-0.2, -0.15) is 5.10 Å². The summed E-state index contributed by atoms with van der Waals surface area (Å²) in [5.41, 5.74) is 5.12. The van der Waals surface area contributed by atoms with Crippen LogP contribution in [-0.2, 0) is 4.74 Å². The van der Waals surface area contributed by atoms with Gasteiger partial charge in [0.2, 0.25) is 0 Å². The lowest BCUT2D eigenvalue weighted by Crippen LogP contribution is -2.10. The van der Waals surface area contributed by atoms with Crippen LogP contribution in [-0.4, -0.2) is 27.8 Å². The van der Waals surface area contributed by atoms with Gasteiger partial charge in [-0.1, -0.05) is 41.4 Å². The number of carbonyl (C=O) groups excluding carboxylic acids is 1. The molecular formula is C23H17Cl2N3O2. The number of ether oxygens (including phenoxy) is 1. The number of hydrogen-bond acceptors (Lipinski definition) is 4. The van der Waals surface area contributed by atoms with Gasteiger partial charge in [-0.05, 0) is 48.9 Å². The predicted octanol–water partition coefficient (Wildman–Crippen LogP) is 6.00. The van der Waals surface area contributed by atoms with Crippen molar-refractivity contribution in [2.45, 2.75) is 6.92 Å². The second-order valence-electron chi connectivity index (χ2n) is 6.59. The summed E-state index contributed by atoms with van der Waals surface area (Å²) in [4.78, 5) is 16.5. The van der Waals surface area contributed by atoms with Crippen molar-refractivity contribution < 1.29 is 9.53 Å². The summed E-state index contributed by atoms with van der Waals surface area (Å²) < 4.78 is 6.64. The fourth-order valence-corrected chi connectivity index (χ4v) is 3.78. The Bertz CT molecular complexity index is 1220. The quantitative estimate of drug-likeness (QED) is 0.367. The summed E-state index contributed by atoms with van der Waals surface area (Å²) >= 11 is 12.6. The minimum Gasteiger partial charge on any atom is -0.465 e. The molecule has 0 radical (unpaired) electrons. The molecule has 5 nitrogen and oxygen atoms in total. The Morgan fingerprint density at radius 1 is 0.967 bits per heavy atom. The molecule has 2 aromatic carbocycles. The van der Waals surface area contributed by atoms with Crippen molar-refractivity contribution in [1.29, 1.82) is 0 Å². The zero-order chi connectivity index (χ0) is 21.3. The summed E-state index contributed by atoms with van der Waals surface area (Å²) in [6.45, 7) is 1.94. The Balaban J connectivity index is 2.03. The largest absolute Gasteiger partial charge is 0.465 e. The summed E-state index contributed by atoms with van der Waals surface area (Å²) in [6.07, 6.45) is 3.43. The molecule has 0 fully saturated rings. The van der Waals surface area contributed by atoms with E-state index in [2.05, 4.69) is 4.98 Å². The molecule has 0 spiro atoms. The molecule has 0 saturated carbocycles. The fraction of sp³-hybridized carbons (Fsp3) is 0.0870. The number of methoxy groups -OCH3 is 1. The molecule has 0 saturated heterocycles. The molecule has 2 aromatic heterocycles. The van der Waals surface area contributed by atoms with Gasteiger partial charge < -0.3 is 4.74 Å². The number of carbonyl (C=O) groups is 1. The van der Waals surface area contributed by atoms with Crippen LogP contribution in [0.5, 0.6) is 0 Å². The molecule has 0 aliphatic carbocycles. The van der Waals surface area contributed by atoms with Crippen molar-refractivity contribution in [3.63, 3.8) is 0 Å². The molecule has 150 valence electrons. The van der Waals surface area contributed by atoms with Crippen LogP contribution in [0.1, 0.15) is 16.1 Å². The van der Waals surface area contributed by atoms with Gasteiger partial charge in [0.15, 0.2) is 0 Å². The first-order valence-corrected chi connectivity index (χ1v) is 9.90. The van der Waals surface area contributed by atoms with Crippen LogP contribution in [0.3, 0.4) is 0 Å². The summed E-state index contributed by atoms with van der Waals surface area (Å²) in [5.74, 6) is -0.485. The molecule has 2 heterocycles. The second-order valence-corrected chi connectivity index (χ2v) is 7.43. The molecule has 7 heteroatoms. The maximum absolute atomic E-state index is 12.4. The SMILES string of the molecule is COC(=O)c1cccc(Cl)c1-n1nc(-c2ccncc2)c(-c2ccc(Cl)cc2)c1C. The number of para-hydroxylation sites is 1. The molecule has 0 unspecified atom stereocenters. The lowest BCUT2D eigenvalue weighted by Gasteiger charge is -2.12. The molecular weight excluding hydrogens is 421 g/mol. The number of nitrogens with zero attached hydrogens (tertiary/aromatic N) is 3. The van der Waals surface area contributed by atoms with E-state index < -0.39 is 5.97 Å². The van der Waals surface area contributed by atoms with Crippen molar-refractivity contribution in [2.75, 3.05) is 7.11 Å². The van der Waals surface area contributed by atoms with Gasteiger partial charge in [0, 0.05) is 34.2 Å². The maximum Gasteiger partial charge on any atom is 0.340 e. The van der Waals surface area contributed by atoms with E-state index in [-0.39, 0.29) is 0 Å². The Morgan fingerprint density at radius 3 is 2.33 bits per heavy atom. The maximum atomic E-state index is 12.4. The van der Waals surface area contributed by atoms with E-state index >= 15 is 0 Å². The highest BCUT2D eigenvalue weighted by Crippen LogP contribution is 2.37. The van der Waals surface area contributed by atoms with Crippen LogP contribution < -0.4 is 0 Å². The summed E-state index contributed by atoms with van der Waals surface area (Å²) in [7, 11) is 1.34. The second kappa shape index (κ2) is 8.30. The number of benzene rings is 2. The van der Waals surface area contributed by atoms with Crippen LogP contribution in [0.15, 0.2) is 67.0 Å². The smallest absolute Gasteiger partial charge is 0.340 e. The lowest BCUT2D eigenvalue weighted by atomic mass is 10.00. The van der Waals surface area contributed by atoms with Gasteiger partial charge in [0.05, 0.1) is 23.4 Å². The summed E-state index contributed by atoms with van der Waals surface area (Å²) in [6, 6.07) is 16.4. The van der Waals surface area contributed by atoms with Gasteiger partial charge in [0.1, 0.15) is 5.69 Å². The molecule has 0 atom stereocenters. The molecule has 30 heavy (non-hydrogen) atoms. The monoisotopic (exact) mass is 437 g/mol. The number of halogens is 2. The minimum atomic E-state index is -0.485. The van der Waals surface area contributed by atoms with Crippen molar-refractivity contribution in [1.82, 2.24) is 14.8 Å². The zero-order valence-electron chi connectivity index (χ0n) is 16.3. The molecule has 0 bridgehead atoms. The average molecular weight is 438 g/mol. The Hall–Kier alpha value is -3.15. The van der Waals surface area contributed by atoms with E-state index in [4.69, 9.17) is 33.0 Å². The number of esters is 1.